The number of carbonyl (C=O) groups is 4. The van der Waals surface area contributed by atoms with E-state index in [1.165, 1.54) is 4.90 Å². The first-order chi connectivity index (χ1) is 12.0. The highest BCUT2D eigenvalue weighted by Gasteiger charge is 2.34. The Morgan fingerprint density at radius 1 is 1.04 bits per heavy atom. The van der Waals surface area contributed by atoms with Crippen LogP contribution in [0.1, 0.15) is 53.3 Å². The molecule has 0 spiro atoms. The van der Waals surface area contributed by atoms with Gasteiger partial charge in [0.15, 0.2) is 0 Å². The number of ether oxygens (including phenoxy) is 1. The van der Waals surface area contributed by atoms with Gasteiger partial charge in [0.2, 0.25) is 5.91 Å². The third kappa shape index (κ3) is 4.89. The molecule has 25 heavy (non-hydrogen) atoms. The number of esters is 1. The van der Waals surface area contributed by atoms with Crippen molar-refractivity contribution in [3.05, 3.63) is 35.4 Å². The Morgan fingerprint density at radius 3 is 2.28 bits per heavy atom. The summed E-state index contributed by atoms with van der Waals surface area (Å²) in [6.45, 7) is 2.21. The lowest BCUT2D eigenvalue weighted by Gasteiger charge is -2.13. The highest BCUT2D eigenvalue weighted by atomic mass is 16.5. The summed E-state index contributed by atoms with van der Waals surface area (Å²) in [6.07, 6.45) is 2.26. The van der Waals surface area contributed by atoms with Crippen LogP contribution in [0.5, 0.6) is 0 Å². The van der Waals surface area contributed by atoms with Gasteiger partial charge in [0, 0.05) is 13.0 Å². The first-order valence-electron chi connectivity index (χ1n) is 8.42. The average Bonchev–Trinajstić information content (AvgIpc) is 2.85. The second-order valence-corrected chi connectivity index (χ2v) is 5.70. The van der Waals surface area contributed by atoms with E-state index in [1.807, 2.05) is 0 Å². The Labute approximate surface area is 146 Å². The second kappa shape index (κ2) is 8.96. The summed E-state index contributed by atoms with van der Waals surface area (Å²) in [6, 6.07) is 6.79. The van der Waals surface area contributed by atoms with E-state index in [2.05, 4.69) is 5.32 Å². The average molecular weight is 346 g/mol. The molecule has 1 heterocycles. The summed E-state index contributed by atoms with van der Waals surface area (Å²) in [5, 5.41) is 2.49. The zero-order valence-corrected chi connectivity index (χ0v) is 14.2. The number of amides is 3. The Balaban J connectivity index is 1.64. The molecule has 0 radical (unpaired) electrons. The zero-order valence-electron chi connectivity index (χ0n) is 14.2. The number of rotatable bonds is 9. The van der Waals surface area contributed by atoms with Crippen LogP contribution in [0.25, 0.3) is 0 Å². The predicted octanol–water partition coefficient (Wildman–Crippen LogP) is 1.52. The van der Waals surface area contributed by atoms with Gasteiger partial charge in [0.25, 0.3) is 11.8 Å². The van der Waals surface area contributed by atoms with E-state index in [0.29, 0.717) is 43.4 Å². The van der Waals surface area contributed by atoms with Crippen LogP contribution in [-0.4, -0.2) is 48.3 Å². The Morgan fingerprint density at radius 2 is 1.68 bits per heavy atom. The van der Waals surface area contributed by atoms with Gasteiger partial charge in [-0.15, -0.1) is 0 Å². The minimum absolute atomic E-state index is 0.123. The van der Waals surface area contributed by atoms with Crippen LogP contribution in [0.15, 0.2) is 24.3 Å². The summed E-state index contributed by atoms with van der Waals surface area (Å²) in [5.74, 6) is -1.18. The molecule has 0 fully saturated rings. The number of hydrogen-bond acceptors (Lipinski definition) is 5. The van der Waals surface area contributed by atoms with Gasteiger partial charge in [-0.1, -0.05) is 18.6 Å². The smallest absolute Gasteiger partial charge is 0.325 e. The molecule has 1 aromatic carbocycles. The molecule has 1 aromatic rings. The maximum absolute atomic E-state index is 12.2. The molecule has 0 aromatic heterocycles. The van der Waals surface area contributed by atoms with Crippen LogP contribution < -0.4 is 5.32 Å². The fourth-order valence-electron chi connectivity index (χ4n) is 2.65. The summed E-state index contributed by atoms with van der Waals surface area (Å²) >= 11 is 0. The minimum atomic E-state index is -0.457. The summed E-state index contributed by atoms with van der Waals surface area (Å²) in [7, 11) is 0. The van der Waals surface area contributed by atoms with Crippen molar-refractivity contribution in [1.29, 1.82) is 0 Å². The summed E-state index contributed by atoms with van der Waals surface area (Å²) in [5.41, 5.74) is 0.900. The minimum Gasteiger partial charge on any atom is -0.465 e. The third-order valence-corrected chi connectivity index (χ3v) is 3.90. The van der Waals surface area contributed by atoms with Crippen LogP contribution in [0.2, 0.25) is 0 Å². The van der Waals surface area contributed by atoms with Crippen molar-refractivity contribution in [3.63, 3.8) is 0 Å². The molecule has 0 bridgehead atoms. The summed E-state index contributed by atoms with van der Waals surface area (Å²) < 4.78 is 4.72. The first-order valence-corrected chi connectivity index (χ1v) is 8.42. The molecule has 0 atom stereocenters. The van der Waals surface area contributed by atoms with Crippen molar-refractivity contribution in [3.8, 4) is 0 Å². The zero-order chi connectivity index (χ0) is 18.2. The molecule has 0 unspecified atom stereocenters. The third-order valence-electron chi connectivity index (χ3n) is 3.90. The van der Waals surface area contributed by atoms with Crippen molar-refractivity contribution in [2.45, 2.75) is 32.6 Å². The summed E-state index contributed by atoms with van der Waals surface area (Å²) in [4.78, 5) is 48.3. The monoisotopic (exact) mass is 346 g/mol. The molecule has 2 rings (SSSR count). The van der Waals surface area contributed by atoms with Crippen molar-refractivity contribution in [1.82, 2.24) is 10.2 Å². The molecule has 7 heteroatoms. The Kier molecular flexibility index (Phi) is 6.68. The topological polar surface area (TPSA) is 92.8 Å². The van der Waals surface area contributed by atoms with Crippen molar-refractivity contribution in [2.24, 2.45) is 0 Å². The molecule has 1 N–H and O–H groups in total. The van der Waals surface area contributed by atoms with Gasteiger partial charge in [-0.05, 0) is 31.9 Å². The molecule has 1 aliphatic heterocycles. The SMILES string of the molecule is CCOC(=O)CNC(=O)CCCCCN1C(=O)c2ccccc2C1=O. The normalized spacial score (nSPS) is 12.9. The molecular formula is C18H22N2O5. The van der Waals surface area contributed by atoms with Crippen LogP contribution in [-0.2, 0) is 14.3 Å². The molecule has 0 aliphatic carbocycles. The number of benzene rings is 1. The standard InChI is InChI=1S/C18H22N2O5/c1-2-25-16(22)12-19-15(21)10-4-3-7-11-20-17(23)13-8-5-6-9-14(13)18(20)24/h5-6,8-9H,2-4,7,10-12H2,1H3,(H,19,21). The van der Waals surface area contributed by atoms with Crippen LogP contribution >= 0.6 is 0 Å². The Bertz CT molecular complexity index is 636. The maximum Gasteiger partial charge on any atom is 0.325 e. The lowest BCUT2D eigenvalue weighted by Crippen LogP contribution is -2.31. The molecule has 0 saturated heterocycles. The first kappa shape index (κ1) is 18.6. The van der Waals surface area contributed by atoms with Gasteiger partial charge in [-0.3, -0.25) is 24.1 Å². The van der Waals surface area contributed by atoms with Crippen LogP contribution in [0.3, 0.4) is 0 Å². The fourth-order valence-corrected chi connectivity index (χ4v) is 2.65. The largest absolute Gasteiger partial charge is 0.465 e. The molecule has 7 nitrogen and oxygen atoms in total. The fraction of sp³-hybridized carbons (Fsp3) is 0.444. The van der Waals surface area contributed by atoms with Crippen molar-refractivity contribution >= 4 is 23.7 Å². The van der Waals surface area contributed by atoms with Crippen LogP contribution in [0.4, 0.5) is 0 Å². The van der Waals surface area contributed by atoms with Gasteiger partial charge in [-0.25, -0.2) is 0 Å². The molecule has 3 amide bonds. The highest BCUT2D eigenvalue weighted by Crippen LogP contribution is 2.22. The number of nitrogens with one attached hydrogen (secondary N) is 1. The number of carbonyl (C=O) groups excluding carboxylic acids is 4. The van der Waals surface area contributed by atoms with Gasteiger partial charge in [-0.2, -0.15) is 0 Å². The van der Waals surface area contributed by atoms with Gasteiger partial charge in [0.05, 0.1) is 17.7 Å². The van der Waals surface area contributed by atoms with Crippen molar-refractivity contribution in [2.75, 3.05) is 19.7 Å². The number of nitrogens with zero attached hydrogens (tertiary/aromatic N) is 1. The predicted molar refractivity (Wildman–Crippen MR) is 89.9 cm³/mol. The van der Waals surface area contributed by atoms with E-state index in [0.717, 1.165) is 0 Å². The molecular weight excluding hydrogens is 324 g/mol. The molecule has 134 valence electrons. The van der Waals surface area contributed by atoms with E-state index < -0.39 is 5.97 Å². The maximum atomic E-state index is 12.2. The Hall–Kier alpha value is -2.70. The lowest BCUT2D eigenvalue weighted by atomic mass is 10.1. The van der Waals surface area contributed by atoms with E-state index in [1.54, 1.807) is 31.2 Å². The van der Waals surface area contributed by atoms with E-state index >= 15 is 0 Å². The van der Waals surface area contributed by atoms with Gasteiger partial charge >= 0.3 is 5.97 Å². The van der Waals surface area contributed by atoms with Crippen molar-refractivity contribution < 1.29 is 23.9 Å². The van der Waals surface area contributed by atoms with E-state index in [-0.39, 0.29) is 30.9 Å². The lowest BCUT2D eigenvalue weighted by molar-refractivity contribution is -0.143. The van der Waals surface area contributed by atoms with E-state index in [9.17, 15) is 19.2 Å². The van der Waals surface area contributed by atoms with Crippen LogP contribution in [0, 0.1) is 0 Å². The number of hydrogen-bond donors (Lipinski definition) is 1. The van der Waals surface area contributed by atoms with Gasteiger partial charge < -0.3 is 10.1 Å². The second-order valence-electron chi connectivity index (χ2n) is 5.70. The highest BCUT2D eigenvalue weighted by molar-refractivity contribution is 6.21. The van der Waals surface area contributed by atoms with E-state index in [4.69, 9.17) is 4.74 Å². The molecule has 0 saturated carbocycles. The number of unbranched alkanes of at least 4 members (excludes halogenated alkanes) is 2. The number of fused-ring (bicyclic) bond motifs is 1. The number of imide groups is 1. The van der Waals surface area contributed by atoms with Gasteiger partial charge in [0.1, 0.15) is 6.54 Å². The molecule has 1 aliphatic rings. The quantitative estimate of drug-likeness (QED) is 0.416.